The molecule has 1 aliphatic heterocycles. The fraction of sp³-hybridized carbons (Fsp3) is 0.0179. The molecule has 0 saturated heterocycles. The molecule has 11 aromatic rings. The maximum Gasteiger partial charge on any atom is 0.164 e. The Labute approximate surface area is 346 Å². The van der Waals surface area contributed by atoms with E-state index in [1.165, 1.54) is 54.6 Å². The van der Waals surface area contributed by atoms with E-state index in [1.807, 2.05) is 36.4 Å². The number of para-hydroxylation sites is 2. The Balaban J connectivity index is 1.12. The highest BCUT2D eigenvalue weighted by Crippen LogP contribution is 2.63. The van der Waals surface area contributed by atoms with E-state index in [2.05, 4.69) is 164 Å². The summed E-state index contributed by atoms with van der Waals surface area (Å²) >= 11 is 0. The average Bonchev–Trinajstić information content (AvgIpc) is 3.61. The first-order chi connectivity index (χ1) is 29.7. The molecule has 1 spiro atoms. The third-order valence-electron chi connectivity index (χ3n) is 12.7. The van der Waals surface area contributed by atoms with Crippen LogP contribution in [-0.2, 0) is 5.41 Å². The van der Waals surface area contributed by atoms with Crippen molar-refractivity contribution in [3.63, 3.8) is 0 Å². The Hall–Kier alpha value is -7.95. The van der Waals surface area contributed by atoms with Gasteiger partial charge in [0.1, 0.15) is 11.5 Å². The lowest BCUT2D eigenvalue weighted by Crippen LogP contribution is -2.32. The number of aromatic nitrogens is 3. The Morgan fingerprint density at radius 2 is 0.867 bits per heavy atom. The van der Waals surface area contributed by atoms with Gasteiger partial charge < -0.3 is 4.74 Å². The Bertz CT molecular complexity index is 3400. The second kappa shape index (κ2) is 12.5. The van der Waals surface area contributed by atoms with Crippen LogP contribution in [0.5, 0.6) is 11.5 Å². The van der Waals surface area contributed by atoms with Crippen LogP contribution in [0.3, 0.4) is 0 Å². The molecule has 1 aliphatic carbocycles. The van der Waals surface area contributed by atoms with E-state index in [1.54, 1.807) is 0 Å². The van der Waals surface area contributed by atoms with Crippen LogP contribution in [0, 0.1) is 0 Å². The van der Waals surface area contributed by atoms with Crippen LogP contribution >= 0.6 is 0 Å². The summed E-state index contributed by atoms with van der Waals surface area (Å²) in [5.41, 5.74) is 11.4. The highest BCUT2D eigenvalue weighted by Gasteiger charge is 2.52. The SMILES string of the molecule is c1ccc(-c2nc(-c3ccccc3)nc(-c3cccc4c3-c3ccc(-c5ccc6ccc7cccc8ccc5c6c78)cc3C43c4ccccc4Oc4ccccc43)n2)cc1. The maximum absolute atomic E-state index is 6.74. The molecule has 2 aliphatic rings. The Morgan fingerprint density at radius 3 is 1.55 bits per heavy atom. The molecule has 0 radical (unpaired) electrons. The van der Waals surface area contributed by atoms with Crippen LogP contribution in [0.1, 0.15) is 22.3 Å². The summed E-state index contributed by atoms with van der Waals surface area (Å²) in [5, 5.41) is 7.66. The third kappa shape index (κ3) is 4.59. The van der Waals surface area contributed by atoms with Crippen molar-refractivity contribution in [3.8, 4) is 67.9 Å². The Morgan fingerprint density at radius 1 is 0.333 bits per heavy atom. The van der Waals surface area contributed by atoms with Gasteiger partial charge in [0.25, 0.3) is 0 Å². The van der Waals surface area contributed by atoms with Crippen LogP contribution in [0.25, 0.3) is 88.7 Å². The summed E-state index contributed by atoms with van der Waals surface area (Å²) in [6.45, 7) is 0. The van der Waals surface area contributed by atoms with Crippen molar-refractivity contribution in [2.24, 2.45) is 0 Å². The molecule has 0 unspecified atom stereocenters. The number of benzene rings is 10. The third-order valence-corrected chi connectivity index (χ3v) is 12.7. The smallest absolute Gasteiger partial charge is 0.164 e. The summed E-state index contributed by atoms with van der Waals surface area (Å²) in [6, 6.07) is 71.5. The van der Waals surface area contributed by atoms with Crippen molar-refractivity contribution in [2.45, 2.75) is 5.41 Å². The van der Waals surface area contributed by atoms with Gasteiger partial charge in [0.15, 0.2) is 17.5 Å². The number of nitrogens with zero attached hydrogens (tertiary/aromatic N) is 3. The lowest BCUT2D eigenvalue weighted by molar-refractivity contribution is 0.436. The highest BCUT2D eigenvalue weighted by molar-refractivity contribution is 6.25. The first-order valence-corrected chi connectivity index (χ1v) is 20.4. The normalized spacial score (nSPS) is 13.3. The minimum atomic E-state index is -0.691. The van der Waals surface area contributed by atoms with Crippen LogP contribution in [0.4, 0.5) is 0 Å². The summed E-state index contributed by atoms with van der Waals surface area (Å²) in [4.78, 5) is 15.6. The van der Waals surface area contributed by atoms with E-state index >= 15 is 0 Å². The quantitative estimate of drug-likeness (QED) is 0.168. The summed E-state index contributed by atoms with van der Waals surface area (Å²) in [7, 11) is 0. The van der Waals surface area contributed by atoms with Gasteiger partial charge in [0.05, 0.1) is 5.41 Å². The van der Waals surface area contributed by atoms with Gasteiger partial charge in [-0.15, -0.1) is 0 Å². The molecule has 0 amide bonds. The van der Waals surface area contributed by atoms with Crippen LogP contribution in [-0.4, -0.2) is 15.0 Å². The first kappa shape index (κ1) is 33.1. The van der Waals surface area contributed by atoms with Crippen molar-refractivity contribution >= 4 is 32.3 Å². The van der Waals surface area contributed by atoms with Crippen molar-refractivity contribution in [1.82, 2.24) is 15.0 Å². The predicted molar refractivity (Wildman–Crippen MR) is 243 cm³/mol. The molecular formula is C56H33N3O. The van der Waals surface area contributed by atoms with Gasteiger partial charge in [-0.25, -0.2) is 15.0 Å². The summed E-state index contributed by atoms with van der Waals surface area (Å²) in [5.74, 6) is 3.61. The number of hydrogen-bond donors (Lipinski definition) is 0. The lowest BCUT2D eigenvalue weighted by atomic mass is 9.65. The molecule has 2 heterocycles. The van der Waals surface area contributed by atoms with E-state index in [0.29, 0.717) is 17.5 Å². The molecule has 0 N–H and O–H groups in total. The second-order valence-electron chi connectivity index (χ2n) is 15.8. The van der Waals surface area contributed by atoms with Gasteiger partial charge in [-0.3, -0.25) is 0 Å². The number of hydrogen-bond acceptors (Lipinski definition) is 4. The molecule has 4 heteroatoms. The largest absolute Gasteiger partial charge is 0.457 e. The van der Waals surface area contributed by atoms with E-state index in [-0.39, 0.29) is 0 Å². The van der Waals surface area contributed by atoms with Gasteiger partial charge in [0, 0.05) is 27.8 Å². The molecule has 0 saturated carbocycles. The second-order valence-corrected chi connectivity index (χ2v) is 15.8. The Kier molecular flexibility index (Phi) is 6.90. The zero-order valence-corrected chi connectivity index (χ0v) is 32.3. The van der Waals surface area contributed by atoms with Crippen LogP contribution < -0.4 is 4.74 Å². The molecule has 278 valence electrons. The van der Waals surface area contributed by atoms with E-state index in [4.69, 9.17) is 19.7 Å². The summed E-state index contributed by atoms with van der Waals surface area (Å²) in [6.07, 6.45) is 0. The molecule has 10 aromatic carbocycles. The highest BCUT2D eigenvalue weighted by atomic mass is 16.5. The minimum Gasteiger partial charge on any atom is -0.457 e. The van der Waals surface area contributed by atoms with Gasteiger partial charge in [0.2, 0.25) is 0 Å². The number of ether oxygens (including phenoxy) is 1. The molecule has 4 nitrogen and oxygen atoms in total. The van der Waals surface area contributed by atoms with Crippen molar-refractivity contribution in [3.05, 3.63) is 222 Å². The van der Waals surface area contributed by atoms with E-state index in [0.717, 1.165) is 50.4 Å². The van der Waals surface area contributed by atoms with E-state index < -0.39 is 5.41 Å². The topological polar surface area (TPSA) is 47.9 Å². The van der Waals surface area contributed by atoms with Crippen molar-refractivity contribution < 1.29 is 4.74 Å². The van der Waals surface area contributed by atoms with E-state index in [9.17, 15) is 0 Å². The molecule has 60 heavy (non-hydrogen) atoms. The standard InChI is InChI=1S/C56H33N3O/c1-3-13-37(14-4-1)53-57-54(38-15-5-2-6-16-38)59-55(58-53)43-19-12-22-46-52(43)42-32-29-39(40-30-27-36-26-25-34-17-11-18-35-28-31-41(40)51(36)50(34)35)33-47(42)56(46)44-20-7-9-23-48(44)60-49-24-10-8-21-45(49)56/h1-33H. The molecular weight excluding hydrogens is 731 g/mol. The fourth-order valence-corrected chi connectivity index (χ4v) is 10.2. The molecule has 1 aromatic heterocycles. The monoisotopic (exact) mass is 763 g/mol. The number of rotatable bonds is 4. The van der Waals surface area contributed by atoms with Crippen molar-refractivity contribution in [1.29, 1.82) is 0 Å². The predicted octanol–water partition coefficient (Wildman–Crippen LogP) is 13.9. The van der Waals surface area contributed by atoms with Gasteiger partial charge >= 0.3 is 0 Å². The maximum atomic E-state index is 6.74. The van der Waals surface area contributed by atoms with Crippen LogP contribution in [0.2, 0.25) is 0 Å². The molecule has 0 fully saturated rings. The van der Waals surface area contributed by atoms with Gasteiger partial charge in [-0.2, -0.15) is 0 Å². The first-order valence-electron chi connectivity index (χ1n) is 20.4. The molecule has 0 atom stereocenters. The summed E-state index contributed by atoms with van der Waals surface area (Å²) < 4.78 is 6.74. The van der Waals surface area contributed by atoms with Gasteiger partial charge in [-0.1, -0.05) is 182 Å². The zero-order valence-electron chi connectivity index (χ0n) is 32.3. The zero-order chi connectivity index (χ0) is 39.4. The molecule has 0 bridgehead atoms. The average molecular weight is 764 g/mol. The van der Waals surface area contributed by atoms with Gasteiger partial charge in [-0.05, 0) is 83.9 Å². The lowest BCUT2D eigenvalue weighted by Gasteiger charge is -2.39. The minimum absolute atomic E-state index is 0.632. The van der Waals surface area contributed by atoms with Crippen molar-refractivity contribution in [2.75, 3.05) is 0 Å². The number of fused-ring (bicyclic) bond motifs is 9. The fourth-order valence-electron chi connectivity index (χ4n) is 10.2. The van der Waals surface area contributed by atoms with Crippen LogP contribution in [0.15, 0.2) is 200 Å². The molecule has 13 rings (SSSR count).